The van der Waals surface area contributed by atoms with Crippen molar-refractivity contribution < 1.29 is 0 Å². The van der Waals surface area contributed by atoms with E-state index in [0.717, 1.165) is 6.42 Å². The monoisotopic (exact) mass is 263 g/mol. The second-order valence-electron chi connectivity index (χ2n) is 6.46. The Morgan fingerprint density at radius 1 is 1.20 bits per heavy atom. The third-order valence-electron chi connectivity index (χ3n) is 5.14. The van der Waals surface area contributed by atoms with Gasteiger partial charge in [0, 0.05) is 19.2 Å². The second-order valence-corrected chi connectivity index (χ2v) is 6.46. The van der Waals surface area contributed by atoms with Gasteiger partial charge in [-0.15, -0.1) is 0 Å². The van der Waals surface area contributed by atoms with Crippen LogP contribution in [0.15, 0.2) is 53.8 Å². The molecule has 4 rings (SSSR count). The van der Waals surface area contributed by atoms with Gasteiger partial charge >= 0.3 is 0 Å². The Morgan fingerprint density at radius 2 is 2.05 bits per heavy atom. The molecule has 0 saturated heterocycles. The van der Waals surface area contributed by atoms with Crippen molar-refractivity contribution in [2.45, 2.75) is 32.2 Å². The Balaban J connectivity index is 1.97. The lowest BCUT2D eigenvalue weighted by Gasteiger charge is -2.27. The lowest BCUT2D eigenvalue weighted by molar-refractivity contribution is 0.264. The van der Waals surface area contributed by atoms with Gasteiger partial charge in [0.15, 0.2) is 0 Å². The van der Waals surface area contributed by atoms with Crippen LogP contribution >= 0.6 is 0 Å². The molecule has 1 aromatic rings. The van der Waals surface area contributed by atoms with Crippen LogP contribution in [-0.4, -0.2) is 11.9 Å². The summed E-state index contributed by atoms with van der Waals surface area (Å²) in [7, 11) is 2.23. The van der Waals surface area contributed by atoms with Crippen LogP contribution in [0.3, 0.4) is 0 Å². The largest absolute Gasteiger partial charge is 0.373 e. The predicted molar refractivity (Wildman–Crippen MR) is 83.5 cm³/mol. The molecule has 0 saturated carbocycles. The highest BCUT2D eigenvalue weighted by molar-refractivity contribution is 5.56. The Bertz CT molecular complexity index is 662. The molecule has 3 atom stereocenters. The summed E-state index contributed by atoms with van der Waals surface area (Å²) < 4.78 is 0. The quantitative estimate of drug-likeness (QED) is 0.667. The van der Waals surface area contributed by atoms with Crippen LogP contribution in [0.1, 0.15) is 42.0 Å². The van der Waals surface area contributed by atoms with Gasteiger partial charge in [0.1, 0.15) is 0 Å². The van der Waals surface area contributed by atoms with Crippen molar-refractivity contribution in [2.24, 2.45) is 5.92 Å². The molecule has 0 spiro atoms. The Hall–Kier alpha value is -1.76. The van der Waals surface area contributed by atoms with Crippen molar-refractivity contribution in [2.75, 3.05) is 7.05 Å². The van der Waals surface area contributed by atoms with E-state index in [9.17, 15) is 0 Å². The van der Waals surface area contributed by atoms with Crippen LogP contribution in [0.25, 0.3) is 0 Å². The number of hydrogen-bond donors (Lipinski definition) is 0. The minimum Gasteiger partial charge on any atom is -0.373 e. The maximum atomic E-state index is 2.43. The SMILES string of the molecule is Cc1ccc2c(c1)C1C(C)C2C2=CCC=CC2=CN1C. The molecule has 2 bridgehead atoms. The molecule has 20 heavy (non-hydrogen) atoms. The van der Waals surface area contributed by atoms with Crippen LogP contribution in [0.4, 0.5) is 0 Å². The fourth-order valence-electron chi connectivity index (χ4n) is 4.35. The molecular weight excluding hydrogens is 242 g/mol. The first-order valence-electron chi connectivity index (χ1n) is 7.58. The summed E-state index contributed by atoms with van der Waals surface area (Å²) in [6.45, 7) is 4.61. The lowest BCUT2D eigenvalue weighted by atomic mass is 9.81. The fraction of sp³-hybridized carbons (Fsp3) is 0.368. The first-order chi connectivity index (χ1) is 9.66. The number of benzene rings is 1. The van der Waals surface area contributed by atoms with E-state index >= 15 is 0 Å². The van der Waals surface area contributed by atoms with Crippen molar-refractivity contribution in [3.05, 3.63) is 70.5 Å². The molecule has 1 heterocycles. The molecule has 2 aliphatic carbocycles. The predicted octanol–water partition coefficient (Wildman–Crippen LogP) is 4.49. The van der Waals surface area contributed by atoms with Gasteiger partial charge in [-0.25, -0.2) is 0 Å². The van der Waals surface area contributed by atoms with Crippen molar-refractivity contribution in [1.82, 2.24) is 4.90 Å². The van der Waals surface area contributed by atoms with Crippen molar-refractivity contribution >= 4 is 0 Å². The molecule has 3 aliphatic rings. The highest BCUT2D eigenvalue weighted by Crippen LogP contribution is 2.55. The van der Waals surface area contributed by atoms with E-state index in [1.165, 1.54) is 22.3 Å². The number of nitrogens with zero attached hydrogens (tertiary/aromatic N) is 1. The Labute approximate surface area is 121 Å². The van der Waals surface area contributed by atoms with Gasteiger partial charge in [-0.2, -0.15) is 0 Å². The number of rotatable bonds is 0. The standard InChI is InChI=1S/C19H21N/c1-12-8-9-16-17(10-12)19-13(2)18(16)15-7-5-4-6-14(15)11-20(19)3/h4,6-11,13,18-19H,5H2,1-3H3. The van der Waals surface area contributed by atoms with Gasteiger partial charge in [-0.1, -0.05) is 48.9 Å². The van der Waals surface area contributed by atoms with E-state index in [2.05, 4.69) is 68.4 Å². The number of aryl methyl sites for hydroxylation is 1. The van der Waals surface area contributed by atoms with Crippen LogP contribution in [0, 0.1) is 12.8 Å². The molecular formula is C19H21N. The van der Waals surface area contributed by atoms with E-state index in [1.807, 2.05) is 0 Å². The zero-order valence-electron chi connectivity index (χ0n) is 12.4. The summed E-state index contributed by atoms with van der Waals surface area (Å²) in [4.78, 5) is 2.43. The van der Waals surface area contributed by atoms with E-state index in [0.29, 0.717) is 17.9 Å². The highest BCUT2D eigenvalue weighted by atomic mass is 15.1. The van der Waals surface area contributed by atoms with Crippen LogP contribution in [0.5, 0.6) is 0 Å². The van der Waals surface area contributed by atoms with Gasteiger partial charge in [-0.3, -0.25) is 0 Å². The number of hydrogen-bond acceptors (Lipinski definition) is 1. The van der Waals surface area contributed by atoms with E-state index < -0.39 is 0 Å². The van der Waals surface area contributed by atoms with Crippen LogP contribution < -0.4 is 0 Å². The highest BCUT2D eigenvalue weighted by Gasteiger charge is 2.43. The number of allylic oxidation sites excluding steroid dienone is 5. The third-order valence-corrected chi connectivity index (χ3v) is 5.14. The summed E-state index contributed by atoms with van der Waals surface area (Å²) in [5.41, 5.74) is 7.40. The molecule has 1 heteroatoms. The minimum absolute atomic E-state index is 0.516. The maximum Gasteiger partial charge on any atom is 0.0571 e. The fourth-order valence-corrected chi connectivity index (χ4v) is 4.35. The van der Waals surface area contributed by atoms with Gasteiger partial charge < -0.3 is 4.90 Å². The first kappa shape index (κ1) is 12.0. The summed E-state index contributed by atoms with van der Waals surface area (Å²) in [5.74, 6) is 1.21. The van der Waals surface area contributed by atoms with Crippen molar-refractivity contribution in [3.8, 4) is 0 Å². The molecule has 1 aliphatic heterocycles. The zero-order valence-corrected chi connectivity index (χ0v) is 12.4. The van der Waals surface area contributed by atoms with E-state index in [-0.39, 0.29) is 0 Å². The molecule has 3 unspecified atom stereocenters. The summed E-state index contributed by atoms with van der Waals surface area (Å²) >= 11 is 0. The molecule has 1 aromatic carbocycles. The lowest BCUT2D eigenvalue weighted by Crippen LogP contribution is -2.21. The summed E-state index contributed by atoms with van der Waals surface area (Å²) in [6, 6.07) is 7.54. The normalized spacial score (nSPS) is 30.4. The van der Waals surface area contributed by atoms with Crippen molar-refractivity contribution in [3.63, 3.8) is 0 Å². The average Bonchev–Trinajstić information content (AvgIpc) is 2.64. The summed E-state index contributed by atoms with van der Waals surface area (Å²) in [6.07, 6.45) is 10.4. The number of fused-ring (bicyclic) bond motifs is 7. The Kier molecular flexibility index (Phi) is 2.47. The first-order valence-corrected chi connectivity index (χ1v) is 7.58. The van der Waals surface area contributed by atoms with Crippen LogP contribution in [0.2, 0.25) is 0 Å². The molecule has 0 fully saturated rings. The zero-order chi connectivity index (χ0) is 13.9. The van der Waals surface area contributed by atoms with Crippen molar-refractivity contribution in [1.29, 1.82) is 0 Å². The van der Waals surface area contributed by atoms with Gasteiger partial charge in [0.2, 0.25) is 0 Å². The van der Waals surface area contributed by atoms with Crippen LogP contribution in [-0.2, 0) is 0 Å². The molecule has 0 amide bonds. The topological polar surface area (TPSA) is 3.24 Å². The van der Waals surface area contributed by atoms with E-state index in [4.69, 9.17) is 0 Å². The van der Waals surface area contributed by atoms with E-state index in [1.54, 1.807) is 5.56 Å². The molecule has 0 aromatic heterocycles. The average molecular weight is 263 g/mol. The third kappa shape index (κ3) is 1.49. The molecule has 0 radical (unpaired) electrons. The smallest absolute Gasteiger partial charge is 0.0571 e. The summed E-state index contributed by atoms with van der Waals surface area (Å²) in [5, 5.41) is 0. The minimum atomic E-state index is 0.516. The molecule has 0 N–H and O–H groups in total. The molecule has 1 nitrogen and oxygen atoms in total. The maximum absolute atomic E-state index is 2.43. The van der Waals surface area contributed by atoms with Gasteiger partial charge in [-0.05, 0) is 41.5 Å². The van der Waals surface area contributed by atoms with Gasteiger partial charge in [0.05, 0.1) is 6.04 Å². The second kappa shape index (κ2) is 4.12. The van der Waals surface area contributed by atoms with Gasteiger partial charge in [0.25, 0.3) is 0 Å². The Morgan fingerprint density at radius 3 is 2.90 bits per heavy atom. The molecule has 102 valence electrons.